The van der Waals surface area contributed by atoms with Crippen LogP contribution >= 0.6 is 0 Å². The summed E-state index contributed by atoms with van der Waals surface area (Å²) in [6.45, 7) is 31.6. The van der Waals surface area contributed by atoms with Crippen molar-refractivity contribution in [3.05, 3.63) is 24.7 Å². The van der Waals surface area contributed by atoms with Crippen LogP contribution in [-0.2, 0) is 48.1 Å². The lowest BCUT2D eigenvalue weighted by molar-refractivity contribution is -0.332. The van der Waals surface area contributed by atoms with E-state index in [0.717, 1.165) is 0 Å². The van der Waals surface area contributed by atoms with Crippen molar-refractivity contribution < 1.29 is 52.9 Å². The molecule has 0 N–H and O–H groups in total. The van der Waals surface area contributed by atoms with Crippen molar-refractivity contribution in [2.24, 2.45) is 10.8 Å². The number of hydrogen-bond acceptors (Lipinski definition) is 11. The average molecular weight is 575 g/mol. The number of carbonyl (C=O) groups excluding carboxylic acids is 3. The first-order chi connectivity index (χ1) is 17.5. The van der Waals surface area contributed by atoms with Crippen LogP contribution in [0.1, 0.15) is 110 Å². The van der Waals surface area contributed by atoms with E-state index in [0.29, 0.717) is 12.8 Å². The van der Waals surface area contributed by atoms with Gasteiger partial charge in [-0.25, -0.2) is 14.4 Å². The molecule has 0 amide bonds. The topological polar surface area (TPSA) is 125 Å². The van der Waals surface area contributed by atoms with E-state index in [4.69, 9.17) is 38.5 Å². The quantitative estimate of drug-likeness (QED) is 0.0529. The summed E-state index contributed by atoms with van der Waals surface area (Å²) < 4.78 is 20.4. The highest BCUT2D eigenvalue weighted by atomic mass is 17.2. The molecule has 11 nitrogen and oxygen atoms in total. The zero-order valence-corrected chi connectivity index (χ0v) is 26.8. The fraction of sp³-hybridized carbons (Fsp3) is 0.759. The van der Waals surface area contributed by atoms with Crippen molar-refractivity contribution in [2.75, 3.05) is 0 Å². The second-order valence-electron chi connectivity index (χ2n) is 14.2. The summed E-state index contributed by atoms with van der Waals surface area (Å²) in [5.74, 6) is -6.57. The van der Waals surface area contributed by atoms with Crippen LogP contribution in [0.15, 0.2) is 24.7 Å². The molecule has 0 aliphatic heterocycles. The first-order valence-corrected chi connectivity index (χ1v) is 13.0. The molecular formula is C29H50O11. The molecule has 0 aromatic heterocycles. The molecule has 0 heterocycles. The van der Waals surface area contributed by atoms with Crippen LogP contribution in [0.25, 0.3) is 0 Å². The molecule has 0 atom stereocenters. The number of rotatable bonds is 14. The van der Waals surface area contributed by atoms with Crippen molar-refractivity contribution in [1.82, 2.24) is 0 Å². The first-order valence-electron chi connectivity index (χ1n) is 13.0. The third kappa shape index (κ3) is 17.0. The van der Waals surface area contributed by atoms with Crippen LogP contribution in [0, 0.1) is 10.8 Å². The van der Waals surface area contributed by atoms with Crippen LogP contribution in [0.2, 0.25) is 0 Å². The smallest absolute Gasteiger partial charge is 0.417 e. The molecule has 0 rings (SSSR count). The molecule has 11 heteroatoms. The number of esters is 2. The monoisotopic (exact) mass is 574 g/mol. The van der Waals surface area contributed by atoms with Gasteiger partial charge in [0, 0.05) is 27.7 Å². The average Bonchev–Trinajstić information content (AvgIpc) is 2.64. The van der Waals surface area contributed by atoms with Gasteiger partial charge in [-0.05, 0) is 64.5 Å². The molecule has 0 aliphatic rings. The van der Waals surface area contributed by atoms with Crippen LogP contribution in [-0.4, -0.2) is 40.9 Å². The summed E-state index contributed by atoms with van der Waals surface area (Å²) in [6, 6.07) is 0. The summed E-state index contributed by atoms with van der Waals surface area (Å²) >= 11 is 0. The van der Waals surface area contributed by atoms with Gasteiger partial charge >= 0.3 is 18.1 Å². The lowest BCUT2D eigenvalue weighted by atomic mass is 9.84. The molecule has 0 radical (unpaired) electrons. The minimum atomic E-state index is -1.80. The Bertz CT molecular complexity index is 855. The van der Waals surface area contributed by atoms with E-state index in [1.54, 1.807) is 27.7 Å². The van der Waals surface area contributed by atoms with Crippen LogP contribution in [0.3, 0.4) is 0 Å². The van der Waals surface area contributed by atoms with Gasteiger partial charge in [0.1, 0.15) is 11.2 Å². The second kappa shape index (κ2) is 13.2. The van der Waals surface area contributed by atoms with E-state index in [-0.39, 0.29) is 10.8 Å². The highest BCUT2D eigenvalue weighted by Gasteiger charge is 2.37. The fourth-order valence-corrected chi connectivity index (χ4v) is 4.03. The van der Waals surface area contributed by atoms with Gasteiger partial charge in [0.15, 0.2) is 0 Å². The third-order valence-corrected chi connectivity index (χ3v) is 4.44. The molecule has 0 saturated carbocycles. The molecule has 0 aliphatic carbocycles. The van der Waals surface area contributed by atoms with E-state index in [9.17, 15) is 14.4 Å². The third-order valence-electron chi connectivity index (χ3n) is 4.44. The van der Waals surface area contributed by atoms with Gasteiger partial charge in [-0.2, -0.15) is 9.78 Å². The van der Waals surface area contributed by atoms with E-state index >= 15 is 0 Å². The molecule has 0 bridgehead atoms. The lowest BCUT2D eigenvalue weighted by Gasteiger charge is -2.31. The van der Waals surface area contributed by atoms with Gasteiger partial charge in [0.2, 0.25) is 11.5 Å². The Kier molecular flexibility index (Phi) is 12.3. The largest absolute Gasteiger partial charge is 0.514 e. The molecule has 40 heavy (non-hydrogen) atoms. The Morgan fingerprint density at radius 2 is 0.775 bits per heavy atom. The van der Waals surface area contributed by atoms with Gasteiger partial charge < -0.3 is 28.7 Å². The molecule has 0 aromatic carbocycles. The molecule has 0 spiro atoms. The van der Waals surface area contributed by atoms with Crippen LogP contribution in [0.4, 0.5) is 4.79 Å². The van der Waals surface area contributed by atoms with E-state index in [2.05, 4.69) is 13.2 Å². The summed E-state index contributed by atoms with van der Waals surface area (Å²) in [5, 5.41) is 0. The van der Waals surface area contributed by atoms with Crippen molar-refractivity contribution in [3.8, 4) is 0 Å². The maximum absolute atomic E-state index is 12.4. The molecule has 232 valence electrons. The van der Waals surface area contributed by atoms with Crippen molar-refractivity contribution in [2.45, 2.75) is 133 Å². The van der Waals surface area contributed by atoms with Crippen molar-refractivity contribution in [3.63, 3.8) is 0 Å². The number of carbonyl (C=O) groups is 3. The minimum Gasteiger partial charge on any atom is -0.417 e. The summed E-state index contributed by atoms with van der Waals surface area (Å²) in [7, 11) is 0. The Morgan fingerprint density at radius 1 is 0.500 bits per heavy atom. The maximum Gasteiger partial charge on any atom is 0.514 e. The van der Waals surface area contributed by atoms with Crippen molar-refractivity contribution >= 4 is 18.1 Å². The predicted octanol–water partition coefficient (Wildman–Crippen LogP) is 7.05. The first kappa shape index (κ1) is 37.2. The van der Waals surface area contributed by atoms with E-state index < -0.39 is 52.4 Å². The molecule has 0 fully saturated rings. The Balaban J connectivity index is 4.88. The predicted molar refractivity (Wildman–Crippen MR) is 147 cm³/mol. The molecule has 0 aromatic rings. The van der Waals surface area contributed by atoms with Gasteiger partial charge in [0.05, 0.1) is 0 Å². The normalized spacial score (nSPS) is 13.2. The summed E-state index contributed by atoms with van der Waals surface area (Å²) in [6.07, 6.45) is -0.0332. The van der Waals surface area contributed by atoms with E-state index in [1.165, 1.54) is 27.7 Å². The Morgan fingerprint density at radius 3 is 1.02 bits per heavy atom. The summed E-state index contributed by atoms with van der Waals surface area (Å²) in [4.78, 5) is 58.0. The highest BCUT2D eigenvalue weighted by molar-refractivity contribution is 5.86. The number of ether oxygens (including phenoxy) is 4. The SMILES string of the molecule is C=C(OOC(C)(C)CC(C)(C)C)C(=O)OC(C)(C)OC(=O)OC(C)(C)OC(=O)C(=C)OOC(C)(C)CC(C)(C)C. The summed E-state index contributed by atoms with van der Waals surface area (Å²) in [5.41, 5.74) is -1.54. The van der Waals surface area contributed by atoms with Gasteiger partial charge in [-0.1, -0.05) is 41.5 Å². The highest BCUT2D eigenvalue weighted by Crippen LogP contribution is 2.31. The van der Waals surface area contributed by atoms with E-state index in [1.807, 2.05) is 41.5 Å². The Labute approximate surface area is 239 Å². The van der Waals surface area contributed by atoms with Crippen LogP contribution < -0.4 is 0 Å². The minimum absolute atomic E-state index is 0.0515. The molecular weight excluding hydrogens is 524 g/mol. The lowest BCUT2D eigenvalue weighted by Crippen LogP contribution is -2.40. The second-order valence-corrected chi connectivity index (χ2v) is 14.2. The fourth-order valence-electron chi connectivity index (χ4n) is 4.03. The Hall–Kier alpha value is -2.79. The standard InChI is InChI=1S/C29H50O11/c1-19(37-39-26(9,10)17-24(3,4)5)21(30)33-28(13,14)35-23(32)36-29(15,16)34-22(31)20(2)38-40-27(11,12)18-25(6,7)8/h1-2,17-18H2,3-16H3. The maximum atomic E-state index is 12.4. The van der Waals surface area contributed by atoms with Gasteiger partial charge in [-0.15, -0.1) is 0 Å². The zero-order valence-electron chi connectivity index (χ0n) is 26.8. The molecule has 0 saturated heterocycles. The van der Waals surface area contributed by atoms with Gasteiger partial charge in [-0.3, -0.25) is 0 Å². The van der Waals surface area contributed by atoms with Crippen molar-refractivity contribution in [1.29, 1.82) is 0 Å². The molecule has 0 unspecified atom stereocenters. The van der Waals surface area contributed by atoms with Gasteiger partial charge in [0.25, 0.3) is 11.6 Å². The zero-order chi connectivity index (χ0) is 32.0. The van der Waals surface area contributed by atoms with Crippen LogP contribution in [0.5, 0.6) is 0 Å². The number of hydrogen-bond donors (Lipinski definition) is 0.